The van der Waals surface area contributed by atoms with Crippen molar-refractivity contribution < 1.29 is 13.5 Å². The molecule has 1 aliphatic heterocycles. The maximum absolute atomic E-state index is 11.7. The number of imidazole rings is 1. The van der Waals surface area contributed by atoms with Crippen LogP contribution in [-0.2, 0) is 10.0 Å². The molecule has 2 N–H and O–H groups in total. The standard InChI is InChI=1S/C21H22N6O3S2/c1-32(29,30)26-9-6-15(7-10-26)23-20-22-8-5-17(24-20)19-18(14-3-2-4-16(28)13-14)25-21-27(19)11-12-31-21/h2-5,8,11-13,15,28H,6-7,9-10H2,1H3,(H,22,23,24). The van der Waals surface area contributed by atoms with Crippen molar-refractivity contribution in [1.29, 1.82) is 0 Å². The molecule has 0 radical (unpaired) electrons. The van der Waals surface area contributed by atoms with Gasteiger partial charge in [-0.15, -0.1) is 11.3 Å². The average Bonchev–Trinajstić information content (AvgIpc) is 3.35. The van der Waals surface area contributed by atoms with E-state index in [1.54, 1.807) is 24.4 Å². The number of phenolic OH excluding ortho intramolecular Hbond substituents is 1. The van der Waals surface area contributed by atoms with Gasteiger partial charge in [-0.05, 0) is 31.0 Å². The lowest BCUT2D eigenvalue weighted by Crippen LogP contribution is -2.42. The molecule has 1 aliphatic rings. The van der Waals surface area contributed by atoms with Gasteiger partial charge in [0.15, 0.2) is 4.96 Å². The smallest absolute Gasteiger partial charge is 0.223 e. The Morgan fingerprint density at radius 2 is 2.00 bits per heavy atom. The second-order valence-corrected chi connectivity index (χ2v) is 10.6. The SMILES string of the molecule is CS(=O)(=O)N1CCC(Nc2nccc(-c3c(-c4cccc(O)c4)nc4sccn34)n2)CC1. The third-order valence-electron chi connectivity index (χ3n) is 5.54. The third kappa shape index (κ3) is 4.06. The van der Waals surface area contributed by atoms with Crippen LogP contribution in [0, 0.1) is 0 Å². The van der Waals surface area contributed by atoms with Crippen LogP contribution in [0.2, 0.25) is 0 Å². The minimum Gasteiger partial charge on any atom is -0.508 e. The van der Waals surface area contributed by atoms with Crippen LogP contribution in [0.25, 0.3) is 27.6 Å². The number of anilines is 1. The number of nitrogens with zero attached hydrogens (tertiary/aromatic N) is 5. The summed E-state index contributed by atoms with van der Waals surface area (Å²) in [5, 5.41) is 15.3. The summed E-state index contributed by atoms with van der Waals surface area (Å²) in [5.74, 6) is 0.669. The molecule has 166 valence electrons. The van der Waals surface area contributed by atoms with Gasteiger partial charge in [-0.1, -0.05) is 12.1 Å². The van der Waals surface area contributed by atoms with Crippen molar-refractivity contribution in [1.82, 2.24) is 23.7 Å². The molecule has 1 fully saturated rings. The highest BCUT2D eigenvalue weighted by Gasteiger charge is 2.25. The van der Waals surface area contributed by atoms with Crippen LogP contribution in [0.4, 0.5) is 5.95 Å². The van der Waals surface area contributed by atoms with Crippen LogP contribution in [0.5, 0.6) is 5.75 Å². The summed E-state index contributed by atoms with van der Waals surface area (Å²) in [6.07, 6.45) is 6.28. The van der Waals surface area contributed by atoms with Crippen LogP contribution in [-0.4, -0.2) is 62.6 Å². The van der Waals surface area contributed by atoms with Gasteiger partial charge in [-0.2, -0.15) is 0 Å². The normalized spacial score (nSPS) is 15.9. The molecule has 0 atom stereocenters. The van der Waals surface area contributed by atoms with E-state index in [9.17, 15) is 13.5 Å². The highest BCUT2D eigenvalue weighted by Crippen LogP contribution is 2.34. The Hall–Kier alpha value is -3.02. The van der Waals surface area contributed by atoms with Crippen LogP contribution >= 0.6 is 11.3 Å². The van der Waals surface area contributed by atoms with Crippen molar-refractivity contribution in [3.63, 3.8) is 0 Å². The first-order chi connectivity index (χ1) is 15.4. The molecule has 0 amide bonds. The quantitative estimate of drug-likeness (QED) is 0.461. The number of nitrogens with one attached hydrogen (secondary N) is 1. The number of thiazole rings is 1. The van der Waals surface area contributed by atoms with Gasteiger partial charge in [0.25, 0.3) is 0 Å². The van der Waals surface area contributed by atoms with Gasteiger partial charge in [0.05, 0.1) is 17.6 Å². The Balaban J connectivity index is 1.45. The molecule has 4 heterocycles. The first-order valence-corrected chi connectivity index (χ1v) is 12.9. The van der Waals surface area contributed by atoms with Crippen molar-refractivity contribution in [2.75, 3.05) is 24.7 Å². The molecule has 0 aliphatic carbocycles. The Kier molecular flexibility index (Phi) is 5.31. The maximum atomic E-state index is 11.7. The second-order valence-electron chi connectivity index (χ2n) is 7.76. The van der Waals surface area contributed by atoms with E-state index in [-0.39, 0.29) is 11.8 Å². The molecule has 0 bridgehead atoms. The van der Waals surface area contributed by atoms with Crippen molar-refractivity contribution in [3.8, 4) is 28.4 Å². The van der Waals surface area contributed by atoms with Gasteiger partial charge < -0.3 is 10.4 Å². The predicted molar refractivity (Wildman–Crippen MR) is 124 cm³/mol. The molecule has 0 saturated carbocycles. The minimum absolute atomic E-state index is 0.0976. The van der Waals surface area contributed by atoms with Crippen LogP contribution in [0.1, 0.15) is 12.8 Å². The molecule has 5 rings (SSSR count). The fourth-order valence-corrected chi connectivity index (χ4v) is 5.55. The molecule has 0 spiro atoms. The monoisotopic (exact) mass is 470 g/mol. The molecule has 4 aromatic rings. The van der Waals surface area contributed by atoms with E-state index < -0.39 is 10.0 Å². The van der Waals surface area contributed by atoms with E-state index in [4.69, 9.17) is 9.97 Å². The molecule has 1 aromatic carbocycles. The number of fused-ring (bicyclic) bond motifs is 1. The molecular formula is C21H22N6O3S2. The van der Waals surface area contributed by atoms with E-state index in [0.717, 1.165) is 21.9 Å². The zero-order valence-corrected chi connectivity index (χ0v) is 19.0. The summed E-state index contributed by atoms with van der Waals surface area (Å²) >= 11 is 1.53. The number of phenols is 1. The average molecular weight is 471 g/mol. The molecule has 9 nitrogen and oxygen atoms in total. The maximum Gasteiger partial charge on any atom is 0.223 e. The van der Waals surface area contributed by atoms with Crippen molar-refractivity contribution in [2.24, 2.45) is 0 Å². The number of aromatic hydroxyl groups is 1. The molecule has 3 aromatic heterocycles. The lowest BCUT2D eigenvalue weighted by Gasteiger charge is -2.30. The van der Waals surface area contributed by atoms with E-state index >= 15 is 0 Å². The number of hydrogen-bond acceptors (Lipinski definition) is 8. The van der Waals surface area contributed by atoms with Crippen molar-refractivity contribution >= 4 is 32.3 Å². The first kappa shape index (κ1) is 20.9. The summed E-state index contributed by atoms with van der Waals surface area (Å²) in [4.78, 5) is 14.7. The van der Waals surface area contributed by atoms with E-state index in [1.165, 1.54) is 21.9 Å². The zero-order chi connectivity index (χ0) is 22.3. The number of sulfonamides is 1. The van der Waals surface area contributed by atoms with E-state index in [0.29, 0.717) is 37.6 Å². The van der Waals surface area contributed by atoms with Crippen LogP contribution < -0.4 is 5.32 Å². The summed E-state index contributed by atoms with van der Waals surface area (Å²) < 4.78 is 27.0. The van der Waals surface area contributed by atoms with E-state index in [1.807, 2.05) is 28.1 Å². The highest BCUT2D eigenvalue weighted by molar-refractivity contribution is 7.88. The zero-order valence-electron chi connectivity index (χ0n) is 17.3. The molecule has 1 saturated heterocycles. The Labute approximate surface area is 189 Å². The van der Waals surface area contributed by atoms with Crippen LogP contribution in [0.15, 0.2) is 48.1 Å². The topological polar surface area (TPSA) is 113 Å². The Morgan fingerprint density at radius 1 is 1.19 bits per heavy atom. The minimum atomic E-state index is -3.16. The highest BCUT2D eigenvalue weighted by atomic mass is 32.2. The van der Waals surface area contributed by atoms with Crippen molar-refractivity contribution in [3.05, 3.63) is 48.1 Å². The fraction of sp³-hybridized carbons (Fsp3) is 0.286. The summed E-state index contributed by atoms with van der Waals surface area (Å²) in [5.41, 5.74) is 3.07. The largest absolute Gasteiger partial charge is 0.508 e. The number of hydrogen-bond donors (Lipinski definition) is 2. The molecular weight excluding hydrogens is 448 g/mol. The molecule has 32 heavy (non-hydrogen) atoms. The van der Waals surface area contributed by atoms with Gasteiger partial charge in [-0.3, -0.25) is 4.40 Å². The van der Waals surface area contributed by atoms with Gasteiger partial charge >= 0.3 is 0 Å². The Morgan fingerprint density at radius 3 is 2.75 bits per heavy atom. The lowest BCUT2D eigenvalue weighted by molar-refractivity contribution is 0.331. The number of rotatable bonds is 5. The summed E-state index contributed by atoms with van der Waals surface area (Å²) in [6.45, 7) is 0.964. The second kappa shape index (κ2) is 8.15. The Bertz CT molecular complexity index is 1370. The number of benzene rings is 1. The summed E-state index contributed by atoms with van der Waals surface area (Å²) in [7, 11) is -3.16. The third-order valence-corrected chi connectivity index (χ3v) is 7.60. The van der Waals surface area contributed by atoms with Gasteiger partial charge in [0.1, 0.15) is 11.4 Å². The van der Waals surface area contributed by atoms with E-state index in [2.05, 4.69) is 10.3 Å². The van der Waals surface area contributed by atoms with Gasteiger partial charge in [-0.25, -0.2) is 27.7 Å². The molecule has 11 heteroatoms. The number of aromatic nitrogens is 4. The lowest BCUT2D eigenvalue weighted by atomic mass is 10.1. The first-order valence-electron chi connectivity index (χ1n) is 10.2. The van der Waals surface area contributed by atoms with Gasteiger partial charge in [0, 0.05) is 42.5 Å². The fourth-order valence-electron chi connectivity index (χ4n) is 3.96. The van der Waals surface area contributed by atoms with Crippen LogP contribution in [0.3, 0.4) is 0 Å². The predicted octanol–water partition coefficient (Wildman–Crippen LogP) is 3.06. The van der Waals surface area contributed by atoms with Gasteiger partial charge in [0.2, 0.25) is 16.0 Å². The van der Waals surface area contributed by atoms with Crippen molar-refractivity contribution in [2.45, 2.75) is 18.9 Å². The number of piperidine rings is 1. The summed E-state index contributed by atoms with van der Waals surface area (Å²) in [6, 6.07) is 8.95. The molecule has 0 unspecified atom stereocenters.